The third-order valence-electron chi connectivity index (χ3n) is 2.35. The van der Waals surface area contributed by atoms with E-state index in [0.29, 0.717) is 15.0 Å². The molecule has 0 rings (SSSR count). The van der Waals surface area contributed by atoms with Crippen molar-refractivity contribution in [2.75, 3.05) is 7.11 Å². The van der Waals surface area contributed by atoms with Gasteiger partial charge in [-0.3, -0.25) is 0 Å². The van der Waals surface area contributed by atoms with Gasteiger partial charge in [-0.15, -0.1) is 0 Å². The van der Waals surface area contributed by atoms with Crippen LogP contribution in [0.25, 0.3) is 0 Å². The fourth-order valence-corrected chi connectivity index (χ4v) is 2.24. The van der Waals surface area contributed by atoms with Crippen molar-refractivity contribution >= 4 is 15.0 Å². The topological polar surface area (TPSA) is 9.23 Å². The van der Waals surface area contributed by atoms with Crippen molar-refractivity contribution in [3.63, 3.8) is 0 Å². The fraction of sp³-hybridized carbons (Fsp3) is 1.00. The van der Waals surface area contributed by atoms with Gasteiger partial charge in [-0.1, -0.05) is 0 Å². The van der Waals surface area contributed by atoms with Crippen LogP contribution < -0.4 is 0 Å². The molecule has 1 unspecified atom stereocenters. The van der Waals surface area contributed by atoms with Gasteiger partial charge in [0, 0.05) is 0 Å². The summed E-state index contributed by atoms with van der Waals surface area (Å²) in [5.74, 6) is 2.26. The molecule has 0 saturated heterocycles. The molecule has 0 radical (unpaired) electrons. The molecule has 0 aromatic heterocycles. The molecule has 1 atom stereocenters. The maximum absolute atomic E-state index is 5.49. The van der Waals surface area contributed by atoms with Crippen LogP contribution >= 0.6 is 0 Å². The molecule has 0 aromatic carbocycles. The van der Waals surface area contributed by atoms with E-state index in [1.54, 1.807) is 0 Å². The fourth-order valence-electron chi connectivity index (χ4n) is 1.16. The van der Waals surface area contributed by atoms with Gasteiger partial charge in [0.1, 0.15) is 0 Å². The summed E-state index contributed by atoms with van der Waals surface area (Å²) in [6.45, 7) is 4.48. The predicted molar refractivity (Wildman–Crippen MR) is 55.8 cm³/mol. The van der Waals surface area contributed by atoms with Crippen LogP contribution in [0.1, 0.15) is 46.0 Å². The molecule has 12 heavy (non-hydrogen) atoms. The average molecular weight is 237 g/mol. The first-order valence-corrected chi connectivity index (χ1v) is 7.36. The van der Waals surface area contributed by atoms with Crippen molar-refractivity contribution in [3.05, 3.63) is 0 Å². The van der Waals surface area contributed by atoms with E-state index in [1.165, 1.54) is 32.1 Å². The molecule has 0 spiro atoms. The van der Waals surface area contributed by atoms with Crippen molar-refractivity contribution < 1.29 is 4.74 Å². The molecule has 0 bridgehead atoms. The Morgan fingerprint density at radius 1 is 1.25 bits per heavy atom. The van der Waals surface area contributed by atoms with E-state index < -0.39 is 0 Å². The standard InChI is InChI=1S/C10H22OSe/c1-5-6-7-8-9-10(2,11-3)12-4/h5-9H2,1-4H3. The minimum atomic E-state index is 0.195. The van der Waals surface area contributed by atoms with Crippen LogP contribution in [0.3, 0.4) is 0 Å². The maximum atomic E-state index is 5.49. The molecule has 0 saturated carbocycles. The van der Waals surface area contributed by atoms with Crippen molar-refractivity contribution in [1.29, 1.82) is 0 Å². The van der Waals surface area contributed by atoms with Gasteiger partial charge in [0.05, 0.1) is 0 Å². The van der Waals surface area contributed by atoms with Crippen LogP contribution in [-0.4, -0.2) is 26.6 Å². The Morgan fingerprint density at radius 2 is 1.92 bits per heavy atom. The van der Waals surface area contributed by atoms with Crippen LogP contribution in [0.2, 0.25) is 5.82 Å². The Kier molecular flexibility index (Phi) is 7.22. The molecule has 0 aliphatic heterocycles. The van der Waals surface area contributed by atoms with Gasteiger partial charge in [-0.2, -0.15) is 0 Å². The van der Waals surface area contributed by atoms with Gasteiger partial charge in [-0.05, 0) is 0 Å². The summed E-state index contributed by atoms with van der Waals surface area (Å²) in [6, 6.07) is 0. The van der Waals surface area contributed by atoms with Crippen LogP contribution in [0.5, 0.6) is 0 Å². The molecule has 0 fully saturated rings. The van der Waals surface area contributed by atoms with Crippen LogP contribution in [0, 0.1) is 0 Å². The van der Waals surface area contributed by atoms with E-state index in [9.17, 15) is 0 Å². The Bertz CT molecular complexity index is 100. The molecule has 0 amide bonds. The number of hydrogen-bond donors (Lipinski definition) is 0. The molecular weight excluding hydrogens is 215 g/mol. The first kappa shape index (κ1) is 12.5. The first-order chi connectivity index (χ1) is 5.68. The quantitative estimate of drug-likeness (QED) is 0.488. The number of unbranched alkanes of at least 4 members (excludes halogenated alkanes) is 3. The molecule has 0 aromatic rings. The van der Waals surface area contributed by atoms with Crippen LogP contribution in [0.4, 0.5) is 0 Å². The minimum absolute atomic E-state index is 0.195. The summed E-state index contributed by atoms with van der Waals surface area (Å²) >= 11 is 0.605. The van der Waals surface area contributed by atoms with Gasteiger partial charge < -0.3 is 0 Å². The SMILES string of the molecule is CCCCCCC(C)(OC)[Se]C. The Hall–Kier alpha value is 0.479. The molecule has 0 heterocycles. The number of ether oxygens (including phenoxy) is 1. The zero-order chi connectivity index (χ0) is 9.45. The van der Waals surface area contributed by atoms with Gasteiger partial charge in [-0.25, -0.2) is 0 Å². The number of rotatable bonds is 7. The monoisotopic (exact) mass is 238 g/mol. The van der Waals surface area contributed by atoms with Gasteiger partial charge >= 0.3 is 83.1 Å². The Morgan fingerprint density at radius 3 is 2.33 bits per heavy atom. The third kappa shape index (κ3) is 5.18. The molecule has 0 aliphatic carbocycles. The second-order valence-electron chi connectivity index (χ2n) is 3.35. The second kappa shape index (κ2) is 6.94. The van der Waals surface area contributed by atoms with Gasteiger partial charge in [0.2, 0.25) is 0 Å². The van der Waals surface area contributed by atoms with E-state index in [0.717, 1.165) is 0 Å². The Labute approximate surface area is 83.4 Å². The zero-order valence-corrected chi connectivity index (χ0v) is 10.6. The predicted octanol–water partition coefficient (Wildman–Crippen LogP) is 3.07. The summed E-state index contributed by atoms with van der Waals surface area (Å²) in [6.07, 6.45) is 6.62. The molecule has 1 nitrogen and oxygen atoms in total. The van der Waals surface area contributed by atoms with E-state index in [1.807, 2.05) is 7.11 Å². The van der Waals surface area contributed by atoms with E-state index in [4.69, 9.17) is 4.74 Å². The van der Waals surface area contributed by atoms with Gasteiger partial charge in [0.25, 0.3) is 0 Å². The van der Waals surface area contributed by atoms with Gasteiger partial charge in [0.15, 0.2) is 0 Å². The average Bonchev–Trinajstić information content (AvgIpc) is 2.12. The van der Waals surface area contributed by atoms with E-state index in [2.05, 4.69) is 19.7 Å². The molecule has 2 heteroatoms. The molecular formula is C10H22OSe. The molecule has 0 aliphatic rings. The summed E-state index contributed by atoms with van der Waals surface area (Å²) in [5.41, 5.74) is 0. The molecule has 74 valence electrons. The Balaban J connectivity index is 3.45. The second-order valence-corrected chi connectivity index (χ2v) is 6.02. The van der Waals surface area contributed by atoms with Crippen molar-refractivity contribution in [3.8, 4) is 0 Å². The van der Waals surface area contributed by atoms with Crippen molar-refractivity contribution in [2.24, 2.45) is 0 Å². The van der Waals surface area contributed by atoms with Crippen molar-refractivity contribution in [2.45, 2.75) is 56.3 Å². The van der Waals surface area contributed by atoms with E-state index in [-0.39, 0.29) is 4.50 Å². The number of hydrogen-bond acceptors (Lipinski definition) is 1. The third-order valence-corrected chi connectivity index (χ3v) is 4.94. The summed E-state index contributed by atoms with van der Waals surface area (Å²) in [4.78, 5) is 0. The van der Waals surface area contributed by atoms with Crippen molar-refractivity contribution in [1.82, 2.24) is 0 Å². The first-order valence-electron chi connectivity index (χ1n) is 4.79. The zero-order valence-electron chi connectivity index (χ0n) is 8.85. The van der Waals surface area contributed by atoms with Crippen LogP contribution in [-0.2, 0) is 4.74 Å². The van der Waals surface area contributed by atoms with E-state index >= 15 is 0 Å². The van der Waals surface area contributed by atoms with Crippen LogP contribution in [0.15, 0.2) is 0 Å². The summed E-state index contributed by atoms with van der Waals surface area (Å²) in [5, 5.41) is 0. The normalized spacial score (nSPS) is 16.0. The number of methoxy groups -OCH3 is 1. The molecule has 0 N–H and O–H groups in total. The summed E-state index contributed by atoms with van der Waals surface area (Å²) < 4.78 is 5.69. The summed E-state index contributed by atoms with van der Waals surface area (Å²) in [7, 11) is 1.84.